The Morgan fingerprint density at radius 2 is 2.33 bits per heavy atom. The molecule has 1 saturated heterocycles. The molecule has 1 rings (SSSR count). The number of Topliss-reactive ketones (excluding diaryl/α,β-unsaturated/α-hetero) is 1. The lowest BCUT2D eigenvalue weighted by molar-refractivity contribution is -0.114. The Balaban J connectivity index is 2.73. The maximum absolute atomic E-state index is 10.8. The number of nitrogens with zero attached hydrogens (tertiary/aromatic N) is 1. The van der Waals surface area contributed by atoms with Gasteiger partial charge in [-0.1, -0.05) is 13.2 Å². The molecular formula is C7H9NO. The molecule has 0 amide bonds. The topological polar surface area (TPSA) is 20.3 Å². The average Bonchev–Trinajstić information content (AvgIpc) is 2.15. The van der Waals surface area contributed by atoms with Crippen molar-refractivity contribution >= 4 is 5.78 Å². The van der Waals surface area contributed by atoms with Crippen LogP contribution < -0.4 is 0 Å². The van der Waals surface area contributed by atoms with Crippen LogP contribution in [0.15, 0.2) is 25.1 Å². The molecule has 0 radical (unpaired) electrons. The van der Waals surface area contributed by atoms with Crippen LogP contribution in [0, 0.1) is 0 Å². The molecule has 2 heteroatoms. The molecule has 1 heterocycles. The van der Waals surface area contributed by atoms with Gasteiger partial charge in [-0.2, -0.15) is 0 Å². The number of hydrogen-bond donors (Lipinski definition) is 0. The molecule has 48 valence electrons. The van der Waals surface area contributed by atoms with E-state index < -0.39 is 0 Å². The molecule has 0 spiro atoms. The zero-order valence-corrected chi connectivity index (χ0v) is 5.26. The number of allylic oxidation sites excluding steroid dienone is 1. The highest BCUT2D eigenvalue weighted by molar-refractivity contribution is 5.96. The third-order valence-corrected chi connectivity index (χ3v) is 1.47. The second-order valence-electron chi connectivity index (χ2n) is 2.00. The van der Waals surface area contributed by atoms with Crippen molar-refractivity contribution in [3.8, 4) is 0 Å². The molecule has 0 aromatic rings. The number of likely N-dealkylation sites (tertiary alicyclic amines) is 1. The predicted molar refractivity (Wildman–Crippen MR) is 35.7 cm³/mol. The van der Waals surface area contributed by atoms with Crippen molar-refractivity contribution in [3.63, 3.8) is 0 Å². The van der Waals surface area contributed by atoms with Gasteiger partial charge in [0.15, 0.2) is 5.78 Å². The second kappa shape index (κ2) is 2.05. The Labute approximate surface area is 54.5 Å². The summed E-state index contributed by atoms with van der Waals surface area (Å²) >= 11 is 0. The van der Waals surface area contributed by atoms with E-state index in [2.05, 4.69) is 13.2 Å². The minimum absolute atomic E-state index is 0.134. The monoisotopic (exact) mass is 123 g/mol. The summed E-state index contributed by atoms with van der Waals surface area (Å²) in [7, 11) is 0. The summed E-state index contributed by atoms with van der Waals surface area (Å²) in [5.41, 5.74) is 0.574. The van der Waals surface area contributed by atoms with Gasteiger partial charge in [0.25, 0.3) is 0 Å². The molecular weight excluding hydrogens is 114 g/mol. The molecule has 1 aliphatic rings. The first-order valence-corrected chi connectivity index (χ1v) is 2.87. The van der Waals surface area contributed by atoms with Gasteiger partial charge < -0.3 is 4.90 Å². The highest BCUT2D eigenvalue weighted by Gasteiger charge is 2.20. The largest absolute Gasteiger partial charge is 0.346 e. The van der Waals surface area contributed by atoms with Crippen molar-refractivity contribution in [2.45, 2.75) is 6.42 Å². The molecule has 0 atom stereocenters. The molecule has 0 aromatic carbocycles. The molecule has 0 aliphatic carbocycles. The van der Waals surface area contributed by atoms with E-state index in [1.165, 1.54) is 0 Å². The fraction of sp³-hybridized carbons (Fsp3) is 0.286. The Kier molecular flexibility index (Phi) is 1.39. The fourth-order valence-electron chi connectivity index (χ4n) is 0.863. The van der Waals surface area contributed by atoms with Gasteiger partial charge >= 0.3 is 0 Å². The highest BCUT2D eigenvalue weighted by Crippen LogP contribution is 2.14. The lowest BCUT2D eigenvalue weighted by Gasteiger charge is -2.09. The fourth-order valence-corrected chi connectivity index (χ4v) is 0.863. The first-order chi connectivity index (χ1) is 4.25. The van der Waals surface area contributed by atoms with Crippen LogP contribution >= 0.6 is 0 Å². The van der Waals surface area contributed by atoms with Gasteiger partial charge in [-0.05, 0) is 6.20 Å². The Hall–Kier alpha value is -1.05. The van der Waals surface area contributed by atoms with Gasteiger partial charge in [0.1, 0.15) is 0 Å². The van der Waals surface area contributed by atoms with E-state index >= 15 is 0 Å². The molecule has 0 aromatic heterocycles. The molecule has 9 heavy (non-hydrogen) atoms. The van der Waals surface area contributed by atoms with Crippen LogP contribution in [0.5, 0.6) is 0 Å². The molecule has 1 aliphatic heterocycles. The molecule has 0 unspecified atom stereocenters. The predicted octanol–water partition coefficient (Wildman–Crippen LogP) is 0.918. The van der Waals surface area contributed by atoms with Gasteiger partial charge in [0.05, 0.1) is 5.70 Å². The zero-order valence-electron chi connectivity index (χ0n) is 5.26. The molecule has 0 saturated carbocycles. The van der Waals surface area contributed by atoms with E-state index in [1.807, 2.05) is 0 Å². The number of carbonyl (C=O) groups excluding carboxylic acids is 1. The molecule has 0 bridgehead atoms. The van der Waals surface area contributed by atoms with Crippen molar-refractivity contribution in [2.24, 2.45) is 0 Å². The van der Waals surface area contributed by atoms with Crippen molar-refractivity contribution in [1.29, 1.82) is 0 Å². The van der Waals surface area contributed by atoms with E-state index in [9.17, 15) is 4.79 Å². The lowest BCUT2D eigenvalue weighted by Crippen LogP contribution is -2.08. The normalized spacial score (nSPS) is 18.9. The van der Waals surface area contributed by atoms with Crippen LogP contribution in [0.2, 0.25) is 0 Å². The zero-order chi connectivity index (χ0) is 6.85. The number of rotatable bonds is 1. The second-order valence-corrected chi connectivity index (χ2v) is 2.00. The summed E-state index contributed by atoms with van der Waals surface area (Å²) in [6, 6.07) is 0. The van der Waals surface area contributed by atoms with Gasteiger partial charge in [-0.25, -0.2) is 0 Å². The van der Waals surface area contributed by atoms with Crippen LogP contribution in [-0.4, -0.2) is 17.2 Å². The van der Waals surface area contributed by atoms with Crippen molar-refractivity contribution in [3.05, 3.63) is 25.1 Å². The van der Waals surface area contributed by atoms with E-state index in [-0.39, 0.29) is 5.78 Å². The van der Waals surface area contributed by atoms with Crippen LogP contribution in [-0.2, 0) is 4.79 Å². The van der Waals surface area contributed by atoms with Gasteiger partial charge in [0, 0.05) is 13.0 Å². The van der Waals surface area contributed by atoms with Crippen molar-refractivity contribution < 1.29 is 4.79 Å². The highest BCUT2D eigenvalue weighted by atomic mass is 16.1. The van der Waals surface area contributed by atoms with E-state index in [0.717, 1.165) is 6.54 Å². The van der Waals surface area contributed by atoms with E-state index in [0.29, 0.717) is 12.1 Å². The van der Waals surface area contributed by atoms with E-state index in [4.69, 9.17) is 0 Å². The number of hydrogen-bond acceptors (Lipinski definition) is 2. The Morgan fingerprint density at radius 1 is 1.67 bits per heavy atom. The number of ketones is 1. The van der Waals surface area contributed by atoms with Crippen LogP contribution in [0.3, 0.4) is 0 Å². The average molecular weight is 123 g/mol. The SMILES string of the molecule is C=CN1CCC(=O)C1=C. The summed E-state index contributed by atoms with van der Waals surface area (Å²) in [5, 5.41) is 0. The Bertz CT molecular complexity index is 172. The van der Waals surface area contributed by atoms with Gasteiger partial charge in [-0.15, -0.1) is 0 Å². The summed E-state index contributed by atoms with van der Waals surface area (Å²) in [6.07, 6.45) is 2.22. The van der Waals surface area contributed by atoms with Crippen molar-refractivity contribution in [2.75, 3.05) is 6.54 Å². The first-order valence-electron chi connectivity index (χ1n) is 2.87. The molecule has 0 N–H and O–H groups in total. The minimum atomic E-state index is 0.134. The standard InChI is InChI=1S/C7H9NO/c1-3-8-5-4-7(9)6(8)2/h3H,1-2,4-5H2. The summed E-state index contributed by atoms with van der Waals surface area (Å²) in [4.78, 5) is 12.5. The van der Waals surface area contributed by atoms with Crippen molar-refractivity contribution in [1.82, 2.24) is 4.90 Å². The van der Waals surface area contributed by atoms with Gasteiger partial charge in [0.2, 0.25) is 0 Å². The summed E-state index contributed by atoms with van der Waals surface area (Å²) < 4.78 is 0. The van der Waals surface area contributed by atoms with Crippen LogP contribution in [0.1, 0.15) is 6.42 Å². The van der Waals surface area contributed by atoms with Gasteiger partial charge in [-0.3, -0.25) is 4.79 Å². The maximum atomic E-state index is 10.8. The third-order valence-electron chi connectivity index (χ3n) is 1.47. The number of carbonyl (C=O) groups is 1. The maximum Gasteiger partial charge on any atom is 0.180 e. The summed E-state index contributed by atoms with van der Waals surface area (Å²) in [6.45, 7) is 7.88. The summed E-state index contributed by atoms with van der Waals surface area (Å²) in [5.74, 6) is 0.134. The quantitative estimate of drug-likeness (QED) is 0.483. The lowest BCUT2D eigenvalue weighted by atomic mass is 10.3. The third kappa shape index (κ3) is 0.875. The Morgan fingerprint density at radius 3 is 2.56 bits per heavy atom. The first kappa shape index (κ1) is 6.08. The minimum Gasteiger partial charge on any atom is -0.346 e. The molecule has 1 fully saturated rings. The molecule has 2 nitrogen and oxygen atoms in total. The van der Waals surface area contributed by atoms with E-state index in [1.54, 1.807) is 11.1 Å². The van der Waals surface area contributed by atoms with Crippen LogP contribution in [0.25, 0.3) is 0 Å². The smallest absolute Gasteiger partial charge is 0.180 e. The van der Waals surface area contributed by atoms with Crippen LogP contribution in [0.4, 0.5) is 0 Å².